The molecular weight excluding hydrogens is 460 g/mol. The van der Waals surface area contributed by atoms with Gasteiger partial charge in [0, 0.05) is 16.9 Å². The van der Waals surface area contributed by atoms with E-state index in [1.54, 1.807) is 18.4 Å². The first-order valence-corrected chi connectivity index (χ1v) is 12.9. The van der Waals surface area contributed by atoms with Crippen LogP contribution < -0.4 is 19.8 Å². The number of nitrogens with one attached hydrogen (secondary N) is 1. The van der Waals surface area contributed by atoms with E-state index in [0.29, 0.717) is 36.5 Å². The van der Waals surface area contributed by atoms with Crippen LogP contribution in [0, 0.1) is 12.8 Å². The second-order valence-electron chi connectivity index (χ2n) is 9.18. The standard InChI is InChI=1S/C28H30N2O4S/c1-17-6-4-7-20(14-17)33-12-5-13-34-22-11-9-19(16-23(22)32-3)26-29-27(31)25-21-10-8-18(2)15-24(21)35-28(25)30-26/h4,6-7,9,11,14,16,18H,5,8,10,12-13,15H2,1-3H3,(H,29,30,31)/t18-/m0/s1. The molecule has 0 unspecified atom stereocenters. The Morgan fingerprint density at radius 1 is 1.11 bits per heavy atom. The van der Waals surface area contributed by atoms with Gasteiger partial charge >= 0.3 is 0 Å². The van der Waals surface area contributed by atoms with E-state index in [2.05, 4.69) is 11.9 Å². The van der Waals surface area contributed by atoms with Gasteiger partial charge in [-0.3, -0.25) is 4.79 Å². The number of thiophene rings is 1. The Morgan fingerprint density at radius 3 is 2.80 bits per heavy atom. The van der Waals surface area contributed by atoms with Crippen LogP contribution in [0.25, 0.3) is 21.6 Å². The maximum absolute atomic E-state index is 13.0. The lowest BCUT2D eigenvalue weighted by atomic mass is 9.89. The van der Waals surface area contributed by atoms with Crippen LogP contribution in [0.4, 0.5) is 0 Å². The normalized spacial score (nSPS) is 15.1. The molecule has 0 saturated heterocycles. The Labute approximate surface area is 208 Å². The molecule has 2 heterocycles. The average Bonchev–Trinajstić information content (AvgIpc) is 3.21. The molecule has 0 aliphatic heterocycles. The van der Waals surface area contributed by atoms with Gasteiger partial charge in [0.25, 0.3) is 5.56 Å². The highest BCUT2D eigenvalue weighted by Gasteiger charge is 2.23. The second-order valence-corrected chi connectivity index (χ2v) is 10.3. The zero-order valence-corrected chi connectivity index (χ0v) is 21.2. The molecule has 6 nitrogen and oxygen atoms in total. The summed E-state index contributed by atoms with van der Waals surface area (Å²) in [6.07, 6.45) is 3.85. The predicted octanol–water partition coefficient (Wildman–Crippen LogP) is 5.94. The van der Waals surface area contributed by atoms with Gasteiger partial charge in [-0.25, -0.2) is 4.98 Å². The molecule has 1 atom stereocenters. The molecule has 5 rings (SSSR count). The molecule has 2 aromatic heterocycles. The third-order valence-electron chi connectivity index (χ3n) is 6.41. The van der Waals surface area contributed by atoms with Crippen LogP contribution in [-0.4, -0.2) is 30.3 Å². The number of hydrogen-bond acceptors (Lipinski definition) is 6. The molecule has 2 aromatic carbocycles. The van der Waals surface area contributed by atoms with Gasteiger partial charge in [0.1, 0.15) is 16.4 Å². The fourth-order valence-corrected chi connectivity index (χ4v) is 5.94. The average molecular weight is 491 g/mol. The molecule has 182 valence electrons. The summed E-state index contributed by atoms with van der Waals surface area (Å²) in [6.45, 7) is 5.38. The van der Waals surface area contributed by atoms with Crippen molar-refractivity contribution in [2.45, 2.75) is 39.5 Å². The van der Waals surface area contributed by atoms with Crippen LogP contribution in [0.2, 0.25) is 0 Å². The van der Waals surface area contributed by atoms with Gasteiger partial charge in [-0.05, 0) is 73.6 Å². The molecule has 0 radical (unpaired) electrons. The van der Waals surface area contributed by atoms with Crippen LogP contribution in [-0.2, 0) is 12.8 Å². The Kier molecular flexibility index (Phi) is 6.77. The maximum atomic E-state index is 13.0. The molecule has 0 amide bonds. The quantitative estimate of drug-likeness (QED) is 0.309. The molecule has 0 saturated carbocycles. The van der Waals surface area contributed by atoms with E-state index in [1.165, 1.54) is 16.0 Å². The van der Waals surface area contributed by atoms with Gasteiger partial charge in [0.2, 0.25) is 0 Å². The van der Waals surface area contributed by atoms with Gasteiger partial charge in [0.15, 0.2) is 11.5 Å². The van der Waals surface area contributed by atoms with E-state index in [0.717, 1.165) is 47.2 Å². The molecule has 1 aliphatic carbocycles. The van der Waals surface area contributed by atoms with Crippen LogP contribution in [0.5, 0.6) is 17.2 Å². The van der Waals surface area contributed by atoms with E-state index >= 15 is 0 Å². The first-order chi connectivity index (χ1) is 17.0. The van der Waals surface area contributed by atoms with Crippen molar-refractivity contribution in [3.8, 4) is 28.6 Å². The van der Waals surface area contributed by atoms with Crippen molar-refractivity contribution >= 4 is 21.6 Å². The highest BCUT2D eigenvalue weighted by molar-refractivity contribution is 7.18. The Balaban J connectivity index is 1.28. The van der Waals surface area contributed by atoms with Crippen LogP contribution >= 0.6 is 11.3 Å². The summed E-state index contributed by atoms with van der Waals surface area (Å²) in [4.78, 5) is 22.9. The Hall–Kier alpha value is -3.32. The zero-order valence-electron chi connectivity index (χ0n) is 20.3. The molecule has 35 heavy (non-hydrogen) atoms. The summed E-state index contributed by atoms with van der Waals surface area (Å²) in [7, 11) is 1.61. The Bertz CT molecular complexity index is 1410. The Morgan fingerprint density at radius 2 is 1.97 bits per heavy atom. The number of aryl methyl sites for hydroxylation is 2. The minimum atomic E-state index is -0.0649. The van der Waals surface area contributed by atoms with Crippen LogP contribution in [0.1, 0.15) is 35.8 Å². The first kappa shape index (κ1) is 23.4. The summed E-state index contributed by atoms with van der Waals surface area (Å²) >= 11 is 1.66. The first-order valence-electron chi connectivity index (χ1n) is 12.1. The highest BCUT2D eigenvalue weighted by Crippen LogP contribution is 2.37. The lowest BCUT2D eigenvalue weighted by molar-refractivity contribution is 0.240. The number of fused-ring (bicyclic) bond motifs is 3. The zero-order chi connectivity index (χ0) is 24.4. The minimum absolute atomic E-state index is 0.0649. The number of ether oxygens (including phenoxy) is 3. The summed E-state index contributed by atoms with van der Waals surface area (Å²) < 4.78 is 17.3. The lowest BCUT2D eigenvalue weighted by Gasteiger charge is -2.17. The number of aromatic amines is 1. The number of H-pyrrole nitrogens is 1. The molecule has 7 heteroatoms. The van der Waals surface area contributed by atoms with Crippen molar-refractivity contribution in [3.05, 3.63) is 68.8 Å². The van der Waals surface area contributed by atoms with Gasteiger partial charge in [0.05, 0.1) is 25.7 Å². The fourth-order valence-electron chi connectivity index (χ4n) is 4.56. The van der Waals surface area contributed by atoms with Gasteiger partial charge in [-0.2, -0.15) is 0 Å². The number of aromatic nitrogens is 2. The van der Waals surface area contributed by atoms with Gasteiger partial charge < -0.3 is 19.2 Å². The third-order valence-corrected chi connectivity index (χ3v) is 7.56. The SMILES string of the molecule is COc1cc(-c2nc3sc4c(c3c(=O)[nH]2)CC[C@H](C)C4)ccc1OCCCOc1cccc(C)c1. The topological polar surface area (TPSA) is 73.4 Å². The van der Waals surface area contributed by atoms with E-state index in [-0.39, 0.29) is 5.56 Å². The number of hydrogen-bond donors (Lipinski definition) is 1. The summed E-state index contributed by atoms with van der Waals surface area (Å²) in [6, 6.07) is 13.6. The van der Waals surface area contributed by atoms with Crippen molar-refractivity contribution in [1.29, 1.82) is 0 Å². The number of methoxy groups -OCH3 is 1. The van der Waals surface area contributed by atoms with Crippen molar-refractivity contribution in [2.24, 2.45) is 5.92 Å². The minimum Gasteiger partial charge on any atom is -0.493 e. The molecule has 1 aliphatic rings. The lowest BCUT2D eigenvalue weighted by Crippen LogP contribution is -2.13. The van der Waals surface area contributed by atoms with Crippen LogP contribution in [0.15, 0.2) is 47.3 Å². The number of benzene rings is 2. The number of rotatable bonds is 8. The van der Waals surface area contributed by atoms with Crippen molar-refractivity contribution in [3.63, 3.8) is 0 Å². The highest BCUT2D eigenvalue weighted by atomic mass is 32.1. The van der Waals surface area contributed by atoms with E-state index in [1.807, 2.05) is 49.4 Å². The molecule has 0 bridgehead atoms. The molecule has 0 fully saturated rings. The summed E-state index contributed by atoms with van der Waals surface area (Å²) in [5.74, 6) is 3.32. The van der Waals surface area contributed by atoms with Crippen molar-refractivity contribution in [1.82, 2.24) is 9.97 Å². The molecule has 0 spiro atoms. The van der Waals surface area contributed by atoms with E-state index in [4.69, 9.17) is 19.2 Å². The number of nitrogens with zero attached hydrogens (tertiary/aromatic N) is 1. The summed E-state index contributed by atoms with van der Waals surface area (Å²) in [5.41, 5.74) is 3.09. The van der Waals surface area contributed by atoms with E-state index in [9.17, 15) is 4.79 Å². The summed E-state index contributed by atoms with van der Waals surface area (Å²) in [5, 5.41) is 0.764. The second kappa shape index (κ2) is 10.1. The monoisotopic (exact) mass is 490 g/mol. The maximum Gasteiger partial charge on any atom is 0.260 e. The fraction of sp³-hybridized carbons (Fsp3) is 0.357. The van der Waals surface area contributed by atoms with Crippen molar-refractivity contribution < 1.29 is 14.2 Å². The van der Waals surface area contributed by atoms with Crippen molar-refractivity contribution in [2.75, 3.05) is 20.3 Å². The van der Waals surface area contributed by atoms with E-state index < -0.39 is 0 Å². The molecule has 4 aromatic rings. The third kappa shape index (κ3) is 5.05. The van der Waals surface area contributed by atoms with Crippen LogP contribution in [0.3, 0.4) is 0 Å². The predicted molar refractivity (Wildman–Crippen MR) is 140 cm³/mol. The molecule has 1 N–H and O–H groups in total. The van der Waals surface area contributed by atoms with Gasteiger partial charge in [-0.15, -0.1) is 11.3 Å². The smallest absolute Gasteiger partial charge is 0.260 e. The van der Waals surface area contributed by atoms with Gasteiger partial charge in [-0.1, -0.05) is 19.1 Å². The largest absolute Gasteiger partial charge is 0.493 e. The molecular formula is C28H30N2O4S.